The zero-order valence-corrected chi connectivity index (χ0v) is 21.9. The van der Waals surface area contributed by atoms with E-state index in [9.17, 15) is 0 Å². The van der Waals surface area contributed by atoms with Crippen LogP contribution < -0.4 is 4.57 Å². The van der Waals surface area contributed by atoms with Gasteiger partial charge in [-0.15, -0.1) is 0 Å². The summed E-state index contributed by atoms with van der Waals surface area (Å²) < 4.78 is 2.59. The third kappa shape index (κ3) is 13.4. The molecule has 0 saturated heterocycles. The number of H-pyrrole nitrogens is 1. The SMILES string of the molecule is CCCCCCCCCCCC(CCCCC)c1[nH]cc[n+]1C(C)CCCCCCC. The van der Waals surface area contributed by atoms with Crippen LogP contribution in [0.1, 0.15) is 174 Å². The van der Waals surface area contributed by atoms with Gasteiger partial charge in [-0.05, 0) is 32.6 Å². The molecule has 182 valence electrons. The van der Waals surface area contributed by atoms with E-state index in [1.54, 1.807) is 0 Å². The van der Waals surface area contributed by atoms with Gasteiger partial charge >= 0.3 is 0 Å². The molecule has 0 aliphatic carbocycles. The molecule has 2 nitrogen and oxygen atoms in total. The van der Waals surface area contributed by atoms with Crippen molar-refractivity contribution in [1.29, 1.82) is 0 Å². The Balaban J connectivity index is 2.46. The molecule has 2 unspecified atom stereocenters. The molecule has 0 saturated carbocycles. The number of nitrogens with zero attached hydrogens (tertiary/aromatic N) is 1. The van der Waals surface area contributed by atoms with Crippen LogP contribution in [-0.4, -0.2) is 4.98 Å². The van der Waals surface area contributed by atoms with Gasteiger partial charge < -0.3 is 0 Å². The second kappa shape index (κ2) is 19.9. The minimum Gasteiger partial charge on any atom is -0.247 e. The topological polar surface area (TPSA) is 19.7 Å². The minimum absolute atomic E-state index is 0.625. The highest BCUT2D eigenvalue weighted by molar-refractivity contribution is 4.90. The fraction of sp³-hybridized carbons (Fsp3) is 0.897. The van der Waals surface area contributed by atoms with Gasteiger partial charge in [0.2, 0.25) is 0 Å². The number of unbranched alkanes of at least 4 members (excludes halogenated alkanes) is 14. The van der Waals surface area contributed by atoms with E-state index in [0.29, 0.717) is 12.0 Å². The molecule has 0 aliphatic heterocycles. The van der Waals surface area contributed by atoms with Crippen molar-refractivity contribution in [2.45, 2.75) is 168 Å². The van der Waals surface area contributed by atoms with Crippen molar-refractivity contribution in [2.24, 2.45) is 0 Å². The summed E-state index contributed by atoms with van der Waals surface area (Å²) in [5, 5.41) is 0. The van der Waals surface area contributed by atoms with Gasteiger partial charge in [-0.1, -0.05) is 124 Å². The Morgan fingerprint density at radius 3 is 1.58 bits per heavy atom. The van der Waals surface area contributed by atoms with E-state index < -0.39 is 0 Å². The lowest BCUT2D eigenvalue weighted by atomic mass is 9.93. The van der Waals surface area contributed by atoms with Crippen LogP contribution in [0.25, 0.3) is 0 Å². The normalized spacial score (nSPS) is 13.5. The molecule has 1 aromatic rings. The third-order valence-electron chi connectivity index (χ3n) is 7.14. The van der Waals surface area contributed by atoms with Gasteiger partial charge in [0.25, 0.3) is 5.82 Å². The van der Waals surface area contributed by atoms with Crippen LogP contribution in [0, 0.1) is 0 Å². The Bertz CT molecular complexity index is 493. The summed E-state index contributed by atoms with van der Waals surface area (Å²) in [5.41, 5.74) is 0. The van der Waals surface area contributed by atoms with Gasteiger partial charge in [0.05, 0.1) is 12.0 Å². The summed E-state index contributed by atoms with van der Waals surface area (Å²) in [6.45, 7) is 9.36. The first-order valence-corrected chi connectivity index (χ1v) is 14.3. The van der Waals surface area contributed by atoms with Crippen molar-refractivity contribution in [3.63, 3.8) is 0 Å². The molecular formula is C29H57N2+. The molecule has 0 amide bonds. The Kier molecular flexibility index (Phi) is 18.1. The largest absolute Gasteiger partial charge is 0.257 e. The van der Waals surface area contributed by atoms with Crippen LogP contribution in [-0.2, 0) is 0 Å². The fourth-order valence-corrected chi connectivity index (χ4v) is 5.01. The zero-order valence-electron chi connectivity index (χ0n) is 21.9. The van der Waals surface area contributed by atoms with E-state index in [1.165, 1.54) is 134 Å². The zero-order chi connectivity index (χ0) is 22.6. The van der Waals surface area contributed by atoms with Crippen LogP contribution in [0.15, 0.2) is 12.4 Å². The lowest BCUT2D eigenvalue weighted by Crippen LogP contribution is -2.41. The number of hydrogen-bond donors (Lipinski definition) is 1. The maximum atomic E-state index is 3.67. The molecule has 1 N–H and O–H groups in total. The molecule has 0 aliphatic rings. The van der Waals surface area contributed by atoms with Crippen LogP contribution in [0.5, 0.6) is 0 Å². The van der Waals surface area contributed by atoms with Gasteiger partial charge in [-0.3, -0.25) is 0 Å². The van der Waals surface area contributed by atoms with Crippen LogP contribution >= 0.6 is 0 Å². The first-order valence-electron chi connectivity index (χ1n) is 14.3. The molecule has 0 radical (unpaired) electrons. The van der Waals surface area contributed by atoms with Gasteiger partial charge in [-0.2, -0.15) is 0 Å². The number of aromatic nitrogens is 2. The van der Waals surface area contributed by atoms with Crippen molar-refractivity contribution < 1.29 is 4.57 Å². The Hall–Kier alpha value is -0.790. The average molecular weight is 434 g/mol. The first kappa shape index (κ1) is 28.2. The Morgan fingerprint density at radius 2 is 1.03 bits per heavy atom. The summed E-state index contributed by atoms with van der Waals surface area (Å²) in [5.74, 6) is 2.23. The van der Waals surface area contributed by atoms with Gasteiger partial charge in [-0.25, -0.2) is 9.55 Å². The molecule has 2 atom stereocenters. The lowest BCUT2D eigenvalue weighted by Gasteiger charge is -2.17. The van der Waals surface area contributed by atoms with E-state index in [1.807, 2.05) is 0 Å². The van der Waals surface area contributed by atoms with Crippen molar-refractivity contribution in [2.75, 3.05) is 0 Å². The predicted octanol–water partition coefficient (Wildman–Crippen LogP) is 9.81. The molecule has 0 fully saturated rings. The quantitative estimate of drug-likeness (QED) is 0.139. The summed E-state index contributed by atoms with van der Waals surface area (Å²) in [4.78, 5) is 3.67. The van der Waals surface area contributed by atoms with Crippen molar-refractivity contribution in [3.8, 4) is 0 Å². The smallest absolute Gasteiger partial charge is 0.247 e. The summed E-state index contributed by atoms with van der Waals surface area (Å²) in [7, 11) is 0. The molecular weight excluding hydrogens is 376 g/mol. The van der Waals surface area contributed by atoms with Gasteiger partial charge in [0, 0.05) is 0 Å². The van der Waals surface area contributed by atoms with E-state index >= 15 is 0 Å². The minimum atomic E-state index is 0.625. The number of rotatable bonds is 22. The lowest BCUT2D eigenvalue weighted by molar-refractivity contribution is -0.727. The Labute approximate surface area is 196 Å². The van der Waals surface area contributed by atoms with Gasteiger partial charge in [0.1, 0.15) is 12.4 Å². The number of aromatic amines is 1. The fourth-order valence-electron chi connectivity index (χ4n) is 5.01. The van der Waals surface area contributed by atoms with Crippen LogP contribution in [0.4, 0.5) is 0 Å². The highest BCUT2D eigenvalue weighted by Crippen LogP contribution is 2.27. The van der Waals surface area contributed by atoms with Crippen LogP contribution in [0.3, 0.4) is 0 Å². The molecule has 0 aromatic carbocycles. The van der Waals surface area contributed by atoms with Crippen LogP contribution in [0.2, 0.25) is 0 Å². The second-order valence-electron chi connectivity index (χ2n) is 10.1. The van der Waals surface area contributed by atoms with Crippen molar-refractivity contribution in [3.05, 3.63) is 18.2 Å². The van der Waals surface area contributed by atoms with E-state index in [2.05, 4.69) is 49.6 Å². The van der Waals surface area contributed by atoms with Crippen molar-refractivity contribution in [1.82, 2.24) is 4.98 Å². The van der Waals surface area contributed by atoms with E-state index in [-0.39, 0.29) is 0 Å². The molecule has 0 spiro atoms. The molecule has 1 aromatic heterocycles. The van der Waals surface area contributed by atoms with Gasteiger partial charge in [0.15, 0.2) is 0 Å². The molecule has 1 heterocycles. The highest BCUT2D eigenvalue weighted by atomic mass is 15.1. The molecule has 0 bridgehead atoms. The maximum Gasteiger partial charge on any atom is 0.257 e. The highest BCUT2D eigenvalue weighted by Gasteiger charge is 2.25. The molecule has 2 heteroatoms. The molecule has 1 rings (SSSR count). The maximum absolute atomic E-state index is 3.67. The average Bonchev–Trinajstić information content (AvgIpc) is 3.26. The summed E-state index contributed by atoms with van der Waals surface area (Å²) in [6.07, 6.45) is 32.4. The number of imidazole rings is 1. The molecule has 31 heavy (non-hydrogen) atoms. The second-order valence-corrected chi connectivity index (χ2v) is 10.1. The number of nitrogens with one attached hydrogen (secondary N) is 1. The van der Waals surface area contributed by atoms with E-state index in [4.69, 9.17) is 0 Å². The number of hydrogen-bond acceptors (Lipinski definition) is 0. The Morgan fingerprint density at radius 1 is 0.613 bits per heavy atom. The third-order valence-corrected chi connectivity index (χ3v) is 7.14. The van der Waals surface area contributed by atoms with E-state index in [0.717, 1.165) is 0 Å². The first-order chi connectivity index (χ1) is 15.2. The monoisotopic (exact) mass is 433 g/mol. The summed E-state index contributed by atoms with van der Waals surface area (Å²) in [6, 6.07) is 0.625. The van der Waals surface area contributed by atoms with Crippen molar-refractivity contribution >= 4 is 0 Å². The predicted molar refractivity (Wildman–Crippen MR) is 138 cm³/mol. The summed E-state index contributed by atoms with van der Waals surface area (Å²) >= 11 is 0. The standard InChI is InChI=1S/C29H56N2/c1-5-8-11-13-14-15-16-18-21-24-28(23-19-10-7-3)29-30-25-26-31(29)27(4)22-20-17-12-9-6-2/h25-28H,5-24H2,1-4H3/p+1.